The zero-order chi connectivity index (χ0) is 11.3. The number of rotatable bonds is 6. The number of nitrogens with two attached hydrogens (primary N) is 1. The lowest BCUT2D eigenvalue weighted by molar-refractivity contribution is 0.215. The van der Waals surface area contributed by atoms with E-state index in [1.165, 1.54) is 38.0 Å². The van der Waals surface area contributed by atoms with E-state index in [9.17, 15) is 0 Å². The lowest BCUT2D eigenvalue weighted by atomic mass is 10.1. The Labute approximate surface area is 99.0 Å². The molecule has 90 valence electrons. The van der Waals surface area contributed by atoms with Crippen molar-refractivity contribution in [2.45, 2.75) is 44.7 Å². The summed E-state index contributed by atoms with van der Waals surface area (Å²) in [6, 6.07) is 1.19. The van der Waals surface area contributed by atoms with E-state index >= 15 is 0 Å². The Balaban J connectivity index is 2.19. The zero-order valence-corrected chi connectivity index (χ0v) is 11.2. The number of hydrogen-bond donors (Lipinski definition) is 1. The van der Waals surface area contributed by atoms with Gasteiger partial charge in [0, 0.05) is 18.6 Å². The quantitative estimate of drug-likeness (QED) is 0.758. The van der Waals surface area contributed by atoms with Crippen molar-refractivity contribution in [2.75, 3.05) is 25.6 Å². The molecule has 1 aliphatic carbocycles. The highest BCUT2D eigenvalue weighted by atomic mass is 32.2. The van der Waals surface area contributed by atoms with Gasteiger partial charge in [0.05, 0.1) is 0 Å². The Kier molecular flexibility index (Phi) is 6.02. The minimum atomic E-state index is 0.477. The second-order valence-corrected chi connectivity index (χ2v) is 5.99. The molecule has 0 spiro atoms. The number of nitrogens with zero attached hydrogens (tertiary/aromatic N) is 1. The summed E-state index contributed by atoms with van der Waals surface area (Å²) in [6.45, 7) is 3.58. The molecule has 3 atom stereocenters. The predicted octanol–water partition coefficient (Wildman–Crippen LogP) is 2.19. The third-order valence-electron chi connectivity index (χ3n) is 3.62. The zero-order valence-electron chi connectivity index (χ0n) is 10.4. The summed E-state index contributed by atoms with van der Waals surface area (Å²) >= 11 is 1.94. The van der Waals surface area contributed by atoms with Crippen LogP contribution in [0.25, 0.3) is 0 Å². The highest BCUT2D eigenvalue weighted by molar-refractivity contribution is 7.98. The van der Waals surface area contributed by atoms with Gasteiger partial charge in [-0.05, 0) is 57.6 Å². The molecule has 0 bridgehead atoms. The largest absolute Gasteiger partial charge is 0.328 e. The van der Waals surface area contributed by atoms with E-state index in [-0.39, 0.29) is 0 Å². The fourth-order valence-corrected chi connectivity index (χ4v) is 2.95. The van der Waals surface area contributed by atoms with Crippen LogP contribution in [-0.2, 0) is 0 Å². The first-order chi connectivity index (χ1) is 7.13. The molecule has 0 aliphatic heterocycles. The van der Waals surface area contributed by atoms with Gasteiger partial charge in [-0.3, -0.25) is 0 Å². The molecule has 2 N–H and O–H groups in total. The van der Waals surface area contributed by atoms with E-state index in [0.717, 1.165) is 5.92 Å². The first-order valence-electron chi connectivity index (χ1n) is 6.08. The molecule has 0 amide bonds. The third kappa shape index (κ3) is 4.75. The summed E-state index contributed by atoms with van der Waals surface area (Å²) in [5.74, 6) is 2.12. The fourth-order valence-electron chi connectivity index (χ4n) is 2.38. The lowest BCUT2D eigenvalue weighted by Gasteiger charge is -2.27. The van der Waals surface area contributed by atoms with E-state index in [1.54, 1.807) is 0 Å². The summed E-state index contributed by atoms with van der Waals surface area (Å²) < 4.78 is 0. The van der Waals surface area contributed by atoms with Gasteiger partial charge in [-0.2, -0.15) is 11.8 Å². The maximum absolute atomic E-state index is 5.94. The highest BCUT2D eigenvalue weighted by Gasteiger charge is 2.23. The molecule has 0 aromatic rings. The van der Waals surface area contributed by atoms with Crippen LogP contribution in [0.5, 0.6) is 0 Å². The Morgan fingerprint density at radius 3 is 2.73 bits per heavy atom. The Hall–Kier alpha value is 0.270. The molecule has 2 nitrogen and oxygen atoms in total. The third-order valence-corrected chi connectivity index (χ3v) is 4.26. The van der Waals surface area contributed by atoms with Crippen molar-refractivity contribution in [1.29, 1.82) is 0 Å². The normalized spacial score (nSPS) is 28.6. The molecular formula is C12H26N2S. The van der Waals surface area contributed by atoms with Gasteiger partial charge in [0.25, 0.3) is 0 Å². The van der Waals surface area contributed by atoms with Gasteiger partial charge in [-0.15, -0.1) is 0 Å². The van der Waals surface area contributed by atoms with Gasteiger partial charge in [0.15, 0.2) is 0 Å². The van der Waals surface area contributed by atoms with Gasteiger partial charge < -0.3 is 10.6 Å². The van der Waals surface area contributed by atoms with Gasteiger partial charge in [0.1, 0.15) is 0 Å². The van der Waals surface area contributed by atoms with Crippen LogP contribution >= 0.6 is 11.8 Å². The second-order valence-electron chi connectivity index (χ2n) is 5.01. The van der Waals surface area contributed by atoms with Crippen LogP contribution in [0.2, 0.25) is 0 Å². The summed E-state index contributed by atoms with van der Waals surface area (Å²) in [7, 11) is 2.26. The molecule has 3 unspecified atom stereocenters. The molecule has 0 saturated heterocycles. The molecule has 0 aromatic carbocycles. The summed E-state index contributed by atoms with van der Waals surface area (Å²) in [6.07, 6.45) is 7.29. The number of thioether (sulfide) groups is 1. The Morgan fingerprint density at radius 1 is 1.47 bits per heavy atom. The Morgan fingerprint density at radius 2 is 2.20 bits per heavy atom. The molecule has 1 aliphatic rings. The smallest absolute Gasteiger partial charge is 0.00718 e. The molecule has 1 fully saturated rings. The van der Waals surface area contributed by atoms with Crippen LogP contribution in [0.1, 0.15) is 32.6 Å². The van der Waals surface area contributed by atoms with Crippen molar-refractivity contribution in [3.8, 4) is 0 Å². The van der Waals surface area contributed by atoms with Crippen LogP contribution < -0.4 is 5.73 Å². The first kappa shape index (κ1) is 13.3. The van der Waals surface area contributed by atoms with E-state index in [2.05, 4.69) is 25.1 Å². The van der Waals surface area contributed by atoms with Crippen LogP contribution in [-0.4, -0.2) is 42.6 Å². The van der Waals surface area contributed by atoms with Gasteiger partial charge in [0.2, 0.25) is 0 Å². The van der Waals surface area contributed by atoms with E-state index < -0.39 is 0 Å². The SMILES string of the molecule is CSCCC(C)N(C)CC1CCC(N)C1. The van der Waals surface area contributed by atoms with Crippen LogP contribution in [0.15, 0.2) is 0 Å². The molecule has 1 rings (SSSR count). The van der Waals surface area contributed by atoms with Crippen LogP contribution in [0, 0.1) is 5.92 Å². The first-order valence-corrected chi connectivity index (χ1v) is 7.47. The molecule has 15 heavy (non-hydrogen) atoms. The molecule has 3 heteroatoms. The van der Waals surface area contributed by atoms with Crippen molar-refractivity contribution in [1.82, 2.24) is 4.90 Å². The van der Waals surface area contributed by atoms with E-state index in [4.69, 9.17) is 5.73 Å². The molecule has 0 heterocycles. The maximum atomic E-state index is 5.94. The maximum Gasteiger partial charge on any atom is 0.00718 e. The lowest BCUT2D eigenvalue weighted by Crippen LogP contribution is -2.33. The van der Waals surface area contributed by atoms with Crippen molar-refractivity contribution in [2.24, 2.45) is 11.7 Å². The second kappa shape index (κ2) is 6.77. The van der Waals surface area contributed by atoms with Crippen LogP contribution in [0.3, 0.4) is 0 Å². The monoisotopic (exact) mass is 230 g/mol. The predicted molar refractivity (Wildman–Crippen MR) is 70.4 cm³/mol. The topological polar surface area (TPSA) is 29.3 Å². The van der Waals surface area contributed by atoms with E-state index in [0.29, 0.717) is 12.1 Å². The fraction of sp³-hybridized carbons (Fsp3) is 1.00. The Bertz CT molecular complexity index is 175. The minimum absolute atomic E-state index is 0.477. The molecule has 0 radical (unpaired) electrons. The number of hydrogen-bond acceptors (Lipinski definition) is 3. The highest BCUT2D eigenvalue weighted by Crippen LogP contribution is 2.25. The summed E-state index contributed by atoms with van der Waals surface area (Å²) in [4.78, 5) is 2.51. The molecule has 0 aromatic heterocycles. The summed E-state index contributed by atoms with van der Waals surface area (Å²) in [5, 5.41) is 0. The molecule has 1 saturated carbocycles. The van der Waals surface area contributed by atoms with Crippen molar-refractivity contribution >= 4 is 11.8 Å². The van der Waals surface area contributed by atoms with Gasteiger partial charge >= 0.3 is 0 Å². The average molecular weight is 230 g/mol. The van der Waals surface area contributed by atoms with Gasteiger partial charge in [-0.25, -0.2) is 0 Å². The minimum Gasteiger partial charge on any atom is -0.328 e. The van der Waals surface area contributed by atoms with E-state index in [1.807, 2.05) is 11.8 Å². The average Bonchev–Trinajstić information content (AvgIpc) is 2.60. The standard InChI is InChI=1S/C12H26N2S/c1-10(6-7-15-3)14(2)9-11-4-5-12(13)8-11/h10-12H,4-9,13H2,1-3H3. The van der Waals surface area contributed by atoms with Crippen molar-refractivity contribution in [3.05, 3.63) is 0 Å². The van der Waals surface area contributed by atoms with Crippen molar-refractivity contribution < 1.29 is 0 Å². The van der Waals surface area contributed by atoms with Crippen LogP contribution in [0.4, 0.5) is 0 Å². The van der Waals surface area contributed by atoms with Gasteiger partial charge in [-0.1, -0.05) is 0 Å². The summed E-state index contributed by atoms with van der Waals surface area (Å²) in [5.41, 5.74) is 5.94. The molecular weight excluding hydrogens is 204 g/mol. The van der Waals surface area contributed by atoms with Crippen molar-refractivity contribution in [3.63, 3.8) is 0 Å².